The van der Waals surface area contributed by atoms with Gasteiger partial charge < -0.3 is 20.1 Å². The summed E-state index contributed by atoms with van der Waals surface area (Å²) in [5, 5.41) is 31.9. The number of carbonyl (C=O) groups is 1. The first-order valence-corrected chi connectivity index (χ1v) is 9.18. The third-order valence-corrected chi connectivity index (χ3v) is 6.31. The number of fused-ring (bicyclic) bond motifs is 4. The zero-order valence-electron chi connectivity index (χ0n) is 14.5. The van der Waals surface area contributed by atoms with Crippen molar-refractivity contribution in [3.8, 4) is 11.5 Å². The molecule has 3 atom stereocenters. The normalized spacial score (nSPS) is 25.3. The molecule has 138 valence electrons. The number of hydrogen-bond donors (Lipinski definition) is 3. The summed E-state index contributed by atoms with van der Waals surface area (Å²) in [4.78, 5) is 12.5. The van der Waals surface area contributed by atoms with Crippen LogP contribution in [0.2, 0.25) is 5.02 Å². The molecule has 6 heteroatoms. The zero-order chi connectivity index (χ0) is 19.0. The minimum atomic E-state index is -1.03. The van der Waals surface area contributed by atoms with Crippen LogP contribution in [0.15, 0.2) is 24.3 Å². The highest BCUT2D eigenvalue weighted by atomic mass is 35.5. The minimum absolute atomic E-state index is 0.0116. The Kier molecular flexibility index (Phi) is 3.47. The summed E-state index contributed by atoms with van der Waals surface area (Å²) in [6.07, 6.45) is -0.855. The average molecular weight is 385 g/mol. The zero-order valence-corrected chi connectivity index (χ0v) is 15.2. The summed E-state index contributed by atoms with van der Waals surface area (Å²) in [7, 11) is 1.52. The maximum absolute atomic E-state index is 12.5. The van der Waals surface area contributed by atoms with E-state index in [1.54, 1.807) is 18.2 Å². The summed E-state index contributed by atoms with van der Waals surface area (Å²) in [5.74, 6) is -0.646. The van der Waals surface area contributed by atoms with Gasteiger partial charge in [0.25, 0.3) is 0 Å². The molecule has 2 aromatic carbocycles. The Labute approximate surface area is 160 Å². The number of aliphatic hydroxyl groups is 1. The predicted molar refractivity (Wildman–Crippen MR) is 100 cm³/mol. The molecular weight excluding hydrogens is 368 g/mol. The van der Waals surface area contributed by atoms with Gasteiger partial charge in [-0.05, 0) is 46.4 Å². The predicted octanol–water partition coefficient (Wildman–Crippen LogP) is 3.80. The molecular formula is C21H17ClO5. The quantitative estimate of drug-likeness (QED) is 0.696. The third kappa shape index (κ3) is 1.99. The van der Waals surface area contributed by atoms with Crippen molar-refractivity contribution in [1.29, 1.82) is 0 Å². The molecule has 27 heavy (non-hydrogen) atoms. The number of ketones is 1. The summed E-state index contributed by atoms with van der Waals surface area (Å²) < 4.78 is 5.65. The van der Waals surface area contributed by atoms with E-state index in [0.717, 1.165) is 22.3 Å². The van der Waals surface area contributed by atoms with Crippen molar-refractivity contribution >= 4 is 28.5 Å². The number of phenolic OH excluding ortho intramolecular Hbond substituents is 2. The molecule has 0 heterocycles. The maximum atomic E-state index is 12.5. The van der Waals surface area contributed by atoms with Crippen molar-refractivity contribution in [3.63, 3.8) is 0 Å². The molecule has 5 nitrogen and oxygen atoms in total. The van der Waals surface area contributed by atoms with Gasteiger partial charge in [0.05, 0.1) is 16.7 Å². The number of ether oxygens (including phenoxy) is 1. The number of carbonyl (C=O) groups excluding carboxylic acids is 1. The van der Waals surface area contributed by atoms with Crippen LogP contribution in [0.1, 0.15) is 57.5 Å². The number of aromatic hydroxyl groups is 2. The first-order valence-electron chi connectivity index (χ1n) is 8.80. The van der Waals surface area contributed by atoms with Gasteiger partial charge >= 0.3 is 0 Å². The second-order valence-electron chi connectivity index (χ2n) is 7.22. The lowest BCUT2D eigenvalue weighted by Crippen LogP contribution is -2.33. The number of rotatable bonds is 1. The molecule has 0 aromatic heterocycles. The fourth-order valence-corrected chi connectivity index (χ4v) is 5.20. The van der Waals surface area contributed by atoms with Gasteiger partial charge in [-0.1, -0.05) is 23.7 Å². The van der Waals surface area contributed by atoms with Crippen LogP contribution < -0.4 is 0 Å². The van der Waals surface area contributed by atoms with Crippen molar-refractivity contribution in [2.75, 3.05) is 7.11 Å². The molecule has 1 unspecified atom stereocenters. The van der Waals surface area contributed by atoms with Crippen LogP contribution in [0.5, 0.6) is 11.5 Å². The third-order valence-electron chi connectivity index (χ3n) is 6.02. The van der Waals surface area contributed by atoms with E-state index >= 15 is 0 Å². The van der Waals surface area contributed by atoms with Crippen LogP contribution in [-0.2, 0) is 4.74 Å². The van der Waals surface area contributed by atoms with Gasteiger partial charge in [0, 0.05) is 25.0 Å². The lowest BCUT2D eigenvalue weighted by molar-refractivity contribution is -0.0234. The van der Waals surface area contributed by atoms with E-state index in [2.05, 4.69) is 0 Å². The van der Waals surface area contributed by atoms with Gasteiger partial charge in [0.15, 0.2) is 5.78 Å². The van der Waals surface area contributed by atoms with Crippen LogP contribution >= 0.6 is 11.6 Å². The van der Waals surface area contributed by atoms with Crippen molar-refractivity contribution in [2.45, 2.75) is 31.0 Å². The number of halogens is 1. The number of phenols is 2. The number of benzene rings is 2. The number of hydrogen-bond acceptors (Lipinski definition) is 5. The molecule has 0 saturated heterocycles. The monoisotopic (exact) mass is 384 g/mol. The molecule has 0 bridgehead atoms. The Morgan fingerprint density at radius 1 is 1.19 bits per heavy atom. The highest BCUT2D eigenvalue weighted by Crippen LogP contribution is 2.61. The van der Waals surface area contributed by atoms with Crippen LogP contribution in [0, 0.1) is 0 Å². The molecule has 2 aromatic rings. The molecule has 0 amide bonds. The Morgan fingerprint density at radius 2 is 1.96 bits per heavy atom. The van der Waals surface area contributed by atoms with Gasteiger partial charge in [0.1, 0.15) is 17.6 Å². The van der Waals surface area contributed by atoms with E-state index in [1.165, 1.54) is 7.11 Å². The highest BCUT2D eigenvalue weighted by molar-refractivity contribution is 6.33. The molecule has 3 N–H and O–H groups in total. The first kappa shape index (κ1) is 16.8. The van der Waals surface area contributed by atoms with E-state index in [0.29, 0.717) is 17.5 Å². The van der Waals surface area contributed by atoms with E-state index in [1.807, 2.05) is 6.07 Å². The summed E-state index contributed by atoms with van der Waals surface area (Å²) in [5.41, 5.74) is 4.82. The SMILES string of the molecule is CO[C@@H]1C2C(=C3CCC(=O)c4c(O)c(Cl)cc2c43)c2cccc(O)c2[C@@H]1O. The number of methoxy groups -OCH3 is 1. The number of Topliss-reactive ketones (excluding diaryl/α,β-unsaturated/α-hetero) is 1. The Bertz CT molecular complexity index is 1060. The molecule has 5 rings (SSSR count). The smallest absolute Gasteiger partial charge is 0.167 e. The van der Waals surface area contributed by atoms with Crippen molar-refractivity contribution in [1.82, 2.24) is 0 Å². The van der Waals surface area contributed by atoms with E-state index in [-0.39, 0.29) is 40.2 Å². The summed E-state index contributed by atoms with van der Waals surface area (Å²) >= 11 is 6.23. The van der Waals surface area contributed by atoms with Crippen molar-refractivity contribution in [3.05, 3.63) is 57.1 Å². The molecule has 0 fully saturated rings. The van der Waals surface area contributed by atoms with E-state index in [4.69, 9.17) is 16.3 Å². The lowest BCUT2D eigenvalue weighted by Gasteiger charge is -2.37. The molecule has 0 saturated carbocycles. The minimum Gasteiger partial charge on any atom is -0.508 e. The van der Waals surface area contributed by atoms with E-state index in [9.17, 15) is 20.1 Å². The largest absolute Gasteiger partial charge is 0.508 e. The van der Waals surface area contributed by atoms with Gasteiger partial charge in [-0.2, -0.15) is 0 Å². The fourth-order valence-electron chi connectivity index (χ4n) is 4.98. The van der Waals surface area contributed by atoms with Crippen LogP contribution in [-0.4, -0.2) is 34.3 Å². The number of aliphatic hydroxyl groups excluding tert-OH is 1. The lowest BCUT2D eigenvalue weighted by atomic mass is 9.74. The molecule has 3 aliphatic rings. The molecule has 0 spiro atoms. The molecule has 0 radical (unpaired) electrons. The van der Waals surface area contributed by atoms with Crippen LogP contribution in [0.25, 0.3) is 11.1 Å². The Hall–Kier alpha value is -2.34. The fraction of sp³-hybridized carbons (Fsp3) is 0.286. The van der Waals surface area contributed by atoms with Crippen molar-refractivity contribution in [2.24, 2.45) is 0 Å². The number of allylic oxidation sites excluding steroid dienone is 1. The van der Waals surface area contributed by atoms with Crippen LogP contribution in [0.4, 0.5) is 0 Å². The molecule has 0 aliphatic heterocycles. The Morgan fingerprint density at radius 3 is 2.70 bits per heavy atom. The standard InChI is InChI=1S/C21H17ClO5/c1-27-21-17-10-7-11(22)19(25)18-13(24)6-5-9(15(10)18)14(17)8-3-2-4-12(23)16(8)20(21)26/h2-4,7,17,20-21,23,25-26H,5-6H2,1H3/t17?,20-,21+/m0/s1. The average Bonchev–Trinajstić information content (AvgIpc) is 2.96. The van der Waals surface area contributed by atoms with Gasteiger partial charge in [-0.15, -0.1) is 0 Å². The summed E-state index contributed by atoms with van der Waals surface area (Å²) in [6, 6.07) is 6.81. The van der Waals surface area contributed by atoms with E-state index < -0.39 is 12.2 Å². The second kappa shape index (κ2) is 5.58. The Balaban J connectivity index is 1.91. The van der Waals surface area contributed by atoms with Crippen LogP contribution in [0.3, 0.4) is 0 Å². The molecule has 3 aliphatic carbocycles. The highest BCUT2D eigenvalue weighted by Gasteiger charge is 2.49. The maximum Gasteiger partial charge on any atom is 0.167 e. The summed E-state index contributed by atoms with van der Waals surface area (Å²) in [6.45, 7) is 0. The topological polar surface area (TPSA) is 87.0 Å². The van der Waals surface area contributed by atoms with Gasteiger partial charge in [-0.25, -0.2) is 0 Å². The second-order valence-corrected chi connectivity index (χ2v) is 7.63. The van der Waals surface area contributed by atoms with Gasteiger partial charge in [-0.3, -0.25) is 4.79 Å². The van der Waals surface area contributed by atoms with Gasteiger partial charge in [0.2, 0.25) is 0 Å². The first-order chi connectivity index (χ1) is 13.0. The van der Waals surface area contributed by atoms with Crippen molar-refractivity contribution < 1.29 is 24.9 Å².